The van der Waals surface area contributed by atoms with Crippen LogP contribution in [0, 0.1) is 0 Å². The number of hydrogen-bond acceptors (Lipinski definition) is 3. The van der Waals surface area contributed by atoms with E-state index in [4.69, 9.17) is 4.74 Å². The smallest absolute Gasteiger partial charge is 0.378 e. The number of rotatable bonds is 4. The van der Waals surface area contributed by atoms with Crippen molar-refractivity contribution in [2.24, 2.45) is 0 Å². The summed E-state index contributed by atoms with van der Waals surface area (Å²) < 4.78 is 42.1. The Balaban J connectivity index is 2.44. The topological polar surface area (TPSA) is 24.5 Å². The molecule has 0 radical (unpaired) electrons. The molecule has 0 aromatic rings. The highest BCUT2D eigenvalue weighted by atomic mass is 19.4. The van der Waals surface area contributed by atoms with Crippen LogP contribution in [0.2, 0.25) is 0 Å². The van der Waals surface area contributed by atoms with Crippen molar-refractivity contribution in [2.45, 2.75) is 32.1 Å². The molecule has 0 aromatic heterocycles. The molecule has 1 saturated heterocycles. The maximum absolute atomic E-state index is 12.3. The lowest BCUT2D eigenvalue weighted by Crippen LogP contribution is -2.53. The fourth-order valence-corrected chi connectivity index (χ4v) is 1.69. The third-order valence-electron chi connectivity index (χ3n) is 2.49. The molecule has 0 amide bonds. The van der Waals surface area contributed by atoms with Gasteiger partial charge in [-0.05, 0) is 0 Å². The van der Waals surface area contributed by atoms with Crippen molar-refractivity contribution in [3.8, 4) is 0 Å². The van der Waals surface area contributed by atoms with Gasteiger partial charge in [0.25, 0.3) is 0 Å². The summed E-state index contributed by atoms with van der Waals surface area (Å²) in [5.41, 5.74) is 0. The molecule has 96 valence electrons. The summed E-state index contributed by atoms with van der Waals surface area (Å²) in [5.74, 6) is 0. The quantitative estimate of drug-likeness (QED) is 0.800. The maximum atomic E-state index is 12.3. The molecule has 0 spiro atoms. The predicted molar refractivity (Wildman–Crippen MR) is 55.4 cm³/mol. The zero-order valence-corrected chi connectivity index (χ0v) is 9.68. The summed E-state index contributed by atoms with van der Waals surface area (Å²) in [6, 6.07) is 0.0902. The lowest BCUT2D eigenvalue weighted by molar-refractivity contribution is -0.161. The standard InChI is InChI=1S/C10H19F3N2O/c1-8(2)14-5-9-6-16-4-3-15(9)7-10(11,12)13/h8-9,14H,3-7H2,1-2H3. The van der Waals surface area contributed by atoms with E-state index in [1.807, 2.05) is 13.8 Å². The lowest BCUT2D eigenvalue weighted by atomic mass is 10.2. The van der Waals surface area contributed by atoms with Crippen molar-refractivity contribution in [1.82, 2.24) is 10.2 Å². The zero-order valence-electron chi connectivity index (χ0n) is 9.68. The van der Waals surface area contributed by atoms with Gasteiger partial charge >= 0.3 is 6.18 Å². The van der Waals surface area contributed by atoms with Gasteiger partial charge in [-0.25, -0.2) is 0 Å². The van der Waals surface area contributed by atoms with E-state index >= 15 is 0 Å². The van der Waals surface area contributed by atoms with E-state index in [2.05, 4.69) is 5.32 Å². The van der Waals surface area contributed by atoms with Gasteiger partial charge in [-0.15, -0.1) is 0 Å². The van der Waals surface area contributed by atoms with E-state index in [1.54, 1.807) is 0 Å². The number of hydrogen-bond donors (Lipinski definition) is 1. The number of morpholine rings is 1. The molecular weight excluding hydrogens is 221 g/mol. The molecule has 1 unspecified atom stereocenters. The number of nitrogens with zero attached hydrogens (tertiary/aromatic N) is 1. The van der Waals surface area contributed by atoms with Crippen molar-refractivity contribution in [3.05, 3.63) is 0 Å². The van der Waals surface area contributed by atoms with Crippen LogP contribution < -0.4 is 5.32 Å². The van der Waals surface area contributed by atoms with Crippen molar-refractivity contribution < 1.29 is 17.9 Å². The van der Waals surface area contributed by atoms with Crippen LogP contribution in [0.25, 0.3) is 0 Å². The van der Waals surface area contributed by atoms with Crippen molar-refractivity contribution in [2.75, 3.05) is 32.8 Å². The molecule has 0 aromatic carbocycles. The Kier molecular flexibility index (Phi) is 5.01. The summed E-state index contributed by atoms with van der Waals surface area (Å²) in [4.78, 5) is 1.44. The first-order valence-electron chi connectivity index (χ1n) is 5.50. The van der Waals surface area contributed by atoms with E-state index in [0.717, 1.165) is 0 Å². The predicted octanol–water partition coefficient (Wildman–Crippen LogP) is 1.25. The molecule has 0 aliphatic carbocycles. The second-order valence-electron chi connectivity index (χ2n) is 4.38. The van der Waals surface area contributed by atoms with Crippen LogP contribution in [0.15, 0.2) is 0 Å². The number of ether oxygens (including phenoxy) is 1. The van der Waals surface area contributed by atoms with E-state index in [0.29, 0.717) is 26.3 Å². The fourth-order valence-electron chi connectivity index (χ4n) is 1.69. The van der Waals surface area contributed by atoms with E-state index < -0.39 is 12.7 Å². The second kappa shape index (κ2) is 5.84. The minimum atomic E-state index is -4.13. The third-order valence-corrected chi connectivity index (χ3v) is 2.49. The van der Waals surface area contributed by atoms with Gasteiger partial charge in [0, 0.05) is 25.2 Å². The molecule has 1 heterocycles. The summed E-state index contributed by atoms with van der Waals surface area (Å²) in [5, 5.41) is 3.14. The highest BCUT2D eigenvalue weighted by molar-refractivity contribution is 4.79. The van der Waals surface area contributed by atoms with Crippen molar-refractivity contribution in [3.63, 3.8) is 0 Å². The number of halogens is 3. The first-order valence-corrected chi connectivity index (χ1v) is 5.50. The maximum Gasteiger partial charge on any atom is 0.401 e. The van der Waals surface area contributed by atoms with Crippen LogP contribution in [0.3, 0.4) is 0 Å². The molecule has 1 fully saturated rings. The lowest BCUT2D eigenvalue weighted by Gasteiger charge is -2.36. The van der Waals surface area contributed by atoms with Gasteiger partial charge in [0.05, 0.1) is 19.8 Å². The molecule has 0 bridgehead atoms. The van der Waals surface area contributed by atoms with Crippen LogP contribution in [0.5, 0.6) is 0 Å². The SMILES string of the molecule is CC(C)NCC1COCCN1CC(F)(F)F. The average Bonchev–Trinajstić information content (AvgIpc) is 2.14. The molecule has 16 heavy (non-hydrogen) atoms. The molecule has 3 nitrogen and oxygen atoms in total. The van der Waals surface area contributed by atoms with Gasteiger partial charge in [0.1, 0.15) is 0 Å². The number of alkyl halides is 3. The summed E-state index contributed by atoms with van der Waals surface area (Å²) in [6.07, 6.45) is -4.13. The van der Waals surface area contributed by atoms with Crippen molar-refractivity contribution in [1.29, 1.82) is 0 Å². The molecule has 1 aliphatic rings. The molecule has 1 aliphatic heterocycles. The fraction of sp³-hybridized carbons (Fsp3) is 1.00. The summed E-state index contributed by atoms with van der Waals surface area (Å²) >= 11 is 0. The molecule has 0 saturated carbocycles. The number of nitrogens with one attached hydrogen (secondary N) is 1. The molecule has 6 heteroatoms. The highest BCUT2D eigenvalue weighted by Gasteiger charge is 2.35. The van der Waals surface area contributed by atoms with Gasteiger partial charge in [0.2, 0.25) is 0 Å². The Labute approximate surface area is 93.9 Å². The minimum absolute atomic E-state index is 0.183. The molecule has 1 atom stereocenters. The second-order valence-corrected chi connectivity index (χ2v) is 4.38. The van der Waals surface area contributed by atoms with Crippen LogP contribution in [0.4, 0.5) is 13.2 Å². The van der Waals surface area contributed by atoms with E-state index in [-0.39, 0.29) is 12.1 Å². The largest absolute Gasteiger partial charge is 0.401 e. The minimum Gasteiger partial charge on any atom is -0.378 e. The summed E-state index contributed by atoms with van der Waals surface area (Å²) in [6.45, 7) is 4.73. The van der Waals surface area contributed by atoms with E-state index in [1.165, 1.54) is 4.90 Å². The zero-order chi connectivity index (χ0) is 12.2. The Bertz CT molecular complexity index is 209. The van der Waals surface area contributed by atoms with Crippen LogP contribution in [-0.4, -0.2) is 56.0 Å². The first-order chi connectivity index (χ1) is 7.38. The van der Waals surface area contributed by atoms with Gasteiger partial charge in [-0.2, -0.15) is 13.2 Å². The van der Waals surface area contributed by atoms with Crippen LogP contribution >= 0.6 is 0 Å². The van der Waals surface area contributed by atoms with Crippen LogP contribution in [-0.2, 0) is 4.74 Å². The Morgan fingerprint density at radius 1 is 1.44 bits per heavy atom. The van der Waals surface area contributed by atoms with Gasteiger partial charge in [0.15, 0.2) is 0 Å². The monoisotopic (exact) mass is 240 g/mol. The highest BCUT2D eigenvalue weighted by Crippen LogP contribution is 2.19. The Morgan fingerprint density at radius 3 is 2.69 bits per heavy atom. The molecule has 1 rings (SSSR count). The van der Waals surface area contributed by atoms with Crippen LogP contribution in [0.1, 0.15) is 13.8 Å². The van der Waals surface area contributed by atoms with Gasteiger partial charge in [-0.1, -0.05) is 13.8 Å². The summed E-state index contributed by atoms with van der Waals surface area (Å²) in [7, 11) is 0. The van der Waals surface area contributed by atoms with Gasteiger partial charge < -0.3 is 10.1 Å². The van der Waals surface area contributed by atoms with Crippen molar-refractivity contribution >= 4 is 0 Å². The molecule has 1 N–H and O–H groups in total. The Morgan fingerprint density at radius 2 is 2.12 bits per heavy atom. The molecular formula is C10H19F3N2O. The van der Waals surface area contributed by atoms with Gasteiger partial charge in [-0.3, -0.25) is 4.90 Å². The third kappa shape index (κ3) is 5.14. The Hall–Kier alpha value is -0.330. The van der Waals surface area contributed by atoms with E-state index in [9.17, 15) is 13.2 Å². The first kappa shape index (κ1) is 13.7. The normalized spacial score (nSPS) is 24.0. The average molecular weight is 240 g/mol.